The topological polar surface area (TPSA) is 131 Å². The molecule has 45 heavy (non-hydrogen) atoms. The predicted molar refractivity (Wildman–Crippen MR) is 168 cm³/mol. The summed E-state index contributed by atoms with van der Waals surface area (Å²) in [5.74, 6) is -0.504. The van der Waals surface area contributed by atoms with E-state index in [2.05, 4.69) is 14.7 Å². The highest BCUT2D eigenvalue weighted by Gasteiger charge is 2.51. The number of hydrogen-bond acceptors (Lipinski definition) is 8. The van der Waals surface area contributed by atoms with Gasteiger partial charge in [0.2, 0.25) is 10.0 Å². The molecule has 0 amide bonds. The number of aromatic nitrogens is 2. The number of benzene rings is 2. The van der Waals surface area contributed by atoms with Crippen LogP contribution >= 0.6 is 22.9 Å². The molecule has 2 aromatic carbocycles. The Hall–Kier alpha value is -4.01. The Morgan fingerprint density at radius 3 is 2.64 bits per heavy atom. The molecule has 232 valence electrons. The van der Waals surface area contributed by atoms with Crippen LogP contribution in [0.4, 0.5) is 19.0 Å². The molecular weight excluding hydrogens is 649 g/mol. The molecule has 2 unspecified atom stereocenters. The van der Waals surface area contributed by atoms with Crippen LogP contribution in [0.2, 0.25) is 5.02 Å². The van der Waals surface area contributed by atoms with Gasteiger partial charge in [-0.3, -0.25) is 4.98 Å². The molecule has 4 N–H and O–H groups in total. The smallest absolute Gasteiger partial charge is 0.421 e. The first kappa shape index (κ1) is 31.0. The zero-order valence-corrected chi connectivity index (χ0v) is 25.7. The van der Waals surface area contributed by atoms with E-state index in [9.17, 15) is 26.7 Å². The van der Waals surface area contributed by atoms with Gasteiger partial charge < -0.3 is 15.3 Å². The number of aliphatic hydroxyl groups is 1. The number of anilines is 1. The molecule has 0 aliphatic heterocycles. The van der Waals surface area contributed by atoms with Gasteiger partial charge >= 0.3 is 6.18 Å². The Labute approximate surface area is 264 Å². The third-order valence-corrected chi connectivity index (χ3v) is 10.5. The van der Waals surface area contributed by atoms with Gasteiger partial charge in [0.1, 0.15) is 11.4 Å². The number of fused-ring (bicyclic) bond motifs is 2. The molecule has 0 aliphatic rings. The fourth-order valence-electron chi connectivity index (χ4n) is 4.94. The minimum atomic E-state index is -4.90. The average Bonchev–Trinajstić information content (AvgIpc) is 3.65. The molecular formula is C31H24ClF3N4O4S2. The molecule has 0 bridgehead atoms. The van der Waals surface area contributed by atoms with Gasteiger partial charge in [-0.2, -0.15) is 13.2 Å². The second-order valence-electron chi connectivity index (χ2n) is 10.5. The fourth-order valence-corrected chi connectivity index (χ4v) is 7.54. The normalized spacial score (nSPS) is 14.5. The molecule has 4 heterocycles. The lowest BCUT2D eigenvalue weighted by atomic mass is 9.94. The number of thiophene rings is 1. The van der Waals surface area contributed by atoms with Crippen LogP contribution in [-0.4, -0.2) is 36.2 Å². The highest BCUT2D eigenvalue weighted by atomic mass is 35.5. The molecule has 6 rings (SSSR count). The lowest BCUT2D eigenvalue weighted by Crippen LogP contribution is -2.39. The summed E-state index contributed by atoms with van der Waals surface area (Å²) in [7, 11) is -3.99. The molecule has 0 aliphatic carbocycles. The summed E-state index contributed by atoms with van der Waals surface area (Å²) in [6.45, 7) is 0.559. The van der Waals surface area contributed by atoms with E-state index in [1.165, 1.54) is 48.1 Å². The number of nitrogen functional groups attached to an aromatic ring is 1. The molecule has 14 heteroatoms. The van der Waals surface area contributed by atoms with Crippen molar-refractivity contribution in [3.8, 4) is 11.3 Å². The third kappa shape index (κ3) is 5.89. The number of nitrogens with one attached hydrogen (secondary N) is 1. The molecule has 0 fully saturated rings. The summed E-state index contributed by atoms with van der Waals surface area (Å²) in [6, 6.07) is 18.7. The van der Waals surface area contributed by atoms with Gasteiger partial charge in [-0.15, -0.1) is 11.3 Å². The minimum Gasteiger partial charge on any atom is -0.464 e. The lowest BCUT2D eigenvalue weighted by molar-refractivity contribution is -0.258. The SMILES string of the molecule is CC(O)(c1ccnc(-c2cccc3cc(C(CNS(=O)(=O)c4ccc5occc5c4)c4nc(N)ccc4Cl)sc23)c1)C(F)(F)F. The zero-order chi connectivity index (χ0) is 32.1. The Bertz CT molecular complexity index is 2160. The largest absolute Gasteiger partial charge is 0.464 e. The van der Waals surface area contributed by atoms with E-state index in [0.717, 1.165) is 11.5 Å². The monoisotopic (exact) mass is 672 g/mol. The first-order valence-corrected chi connectivity index (χ1v) is 16.1. The van der Waals surface area contributed by atoms with Crippen LogP contribution in [0.15, 0.2) is 94.6 Å². The van der Waals surface area contributed by atoms with E-state index in [4.69, 9.17) is 21.8 Å². The van der Waals surface area contributed by atoms with Crippen molar-refractivity contribution < 1.29 is 31.1 Å². The van der Waals surface area contributed by atoms with Crippen molar-refractivity contribution in [2.45, 2.75) is 29.5 Å². The summed E-state index contributed by atoms with van der Waals surface area (Å²) >= 11 is 7.85. The standard InChI is InChI=1S/C31H24ClF3N4O4S2/c1-30(40,31(33,34)35)19-9-11-37-24(15-19)21-4-2-3-18-14-26(44-29(18)21)22(28-23(32)6-8-27(36)39-28)16-38-45(41,42)20-5-7-25-17(13-20)10-12-43-25/h2-15,22,38,40H,16H2,1H3,(H2,36,39). The van der Waals surface area contributed by atoms with Gasteiger partial charge in [-0.25, -0.2) is 18.1 Å². The van der Waals surface area contributed by atoms with Crippen molar-refractivity contribution >= 4 is 59.8 Å². The van der Waals surface area contributed by atoms with Gasteiger partial charge in [0, 0.05) is 33.3 Å². The van der Waals surface area contributed by atoms with Gasteiger partial charge in [-0.1, -0.05) is 29.8 Å². The summed E-state index contributed by atoms with van der Waals surface area (Å²) in [5, 5.41) is 11.9. The number of alkyl halides is 3. The average molecular weight is 673 g/mol. The zero-order valence-electron chi connectivity index (χ0n) is 23.3. The number of hydrogen-bond donors (Lipinski definition) is 3. The van der Waals surface area contributed by atoms with E-state index in [1.807, 2.05) is 12.1 Å². The second kappa shape index (κ2) is 11.4. The molecule has 8 nitrogen and oxygen atoms in total. The van der Waals surface area contributed by atoms with Gasteiger partial charge in [-0.05, 0) is 72.5 Å². The predicted octanol–water partition coefficient (Wildman–Crippen LogP) is 7.22. The number of nitrogens with zero attached hydrogens (tertiary/aromatic N) is 2. The molecule has 6 aromatic rings. The molecule has 0 saturated carbocycles. The van der Waals surface area contributed by atoms with Crippen LogP contribution in [-0.2, 0) is 15.6 Å². The van der Waals surface area contributed by atoms with Crippen LogP contribution in [0.5, 0.6) is 0 Å². The number of pyridine rings is 2. The van der Waals surface area contributed by atoms with Crippen molar-refractivity contribution in [3.63, 3.8) is 0 Å². The van der Waals surface area contributed by atoms with E-state index < -0.39 is 27.7 Å². The number of halogens is 4. The maximum absolute atomic E-state index is 13.6. The van der Waals surface area contributed by atoms with Crippen molar-refractivity contribution in [1.82, 2.24) is 14.7 Å². The Kier molecular flexibility index (Phi) is 7.86. The molecule has 2 atom stereocenters. The third-order valence-electron chi connectivity index (χ3n) is 7.49. The highest BCUT2D eigenvalue weighted by molar-refractivity contribution is 7.89. The quantitative estimate of drug-likeness (QED) is 0.156. The number of sulfonamides is 1. The molecule has 0 radical (unpaired) electrons. The summed E-state index contributed by atoms with van der Waals surface area (Å²) in [6.07, 6.45) is -2.21. The Balaban J connectivity index is 1.41. The number of furan rings is 1. The van der Waals surface area contributed by atoms with E-state index in [-0.39, 0.29) is 33.5 Å². The van der Waals surface area contributed by atoms with Crippen molar-refractivity contribution in [3.05, 3.63) is 106 Å². The van der Waals surface area contributed by atoms with Crippen LogP contribution < -0.4 is 10.5 Å². The number of nitrogens with two attached hydrogens (primary N) is 1. The Morgan fingerprint density at radius 2 is 1.87 bits per heavy atom. The first-order valence-electron chi connectivity index (χ1n) is 13.4. The van der Waals surface area contributed by atoms with Gasteiger partial charge in [0.05, 0.1) is 33.5 Å². The maximum atomic E-state index is 13.6. The van der Waals surface area contributed by atoms with E-state index in [0.29, 0.717) is 38.7 Å². The van der Waals surface area contributed by atoms with E-state index >= 15 is 0 Å². The van der Waals surface area contributed by atoms with Crippen LogP contribution in [0, 0.1) is 0 Å². The summed E-state index contributed by atoms with van der Waals surface area (Å²) in [5.41, 5.74) is 4.20. The van der Waals surface area contributed by atoms with E-state index in [1.54, 1.807) is 30.3 Å². The van der Waals surface area contributed by atoms with Crippen molar-refractivity contribution in [2.24, 2.45) is 0 Å². The lowest BCUT2D eigenvalue weighted by Gasteiger charge is -2.26. The fraction of sp³-hybridized carbons (Fsp3) is 0.161. The molecule has 0 saturated heterocycles. The summed E-state index contributed by atoms with van der Waals surface area (Å²) in [4.78, 5) is 9.43. The highest BCUT2D eigenvalue weighted by Crippen LogP contribution is 2.42. The Morgan fingerprint density at radius 1 is 1.07 bits per heavy atom. The van der Waals surface area contributed by atoms with Crippen LogP contribution in [0.3, 0.4) is 0 Å². The van der Waals surface area contributed by atoms with Crippen LogP contribution in [0.1, 0.15) is 29.0 Å². The first-order chi connectivity index (χ1) is 21.2. The molecule has 4 aromatic heterocycles. The van der Waals surface area contributed by atoms with Gasteiger partial charge in [0.25, 0.3) is 0 Å². The number of rotatable bonds is 8. The van der Waals surface area contributed by atoms with Crippen molar-refractivity contribution in [2.75, 3.05) is 12.3 Å². The molecule has 0 spiro atoms. The van der Waals surface area contributed by atoms with Crippen molar-refractivity contribution in [1.29, 1.82) is 0 Å². The maximum Gasteiger partial charge on any atom is 0.421 e. The van der Waals surface area contributed by atoms with Crippen LogP contribution in [0.25, 0.3) is 32.3 Å². The minimum absolute atomic E-state index is 0.0427. The van der Waals surface area contributed by atoms with Gasteiger partial charge in [0.15, 0.2) is 5.60 Å². The summed E-state index contributed by atoms with van der Waals surface area (Å²) < 4.78 is 76.2. The second-order valence-corrected chi connectivity index (χ2v) is 13.8.